The Labute approximate surface area is 117 Å². The molecule has 0 saturated heterocycles. The van der Waals surface area contributed by atoms with Crippen LogP contribution < -0.4 is 20.1 Å². The summed E-state index contributed by atoms with van der Waals surface area (Å²) in [6.45, 7) is 0. The van der Waals surface area contributed by atoms with Gasteiger partial charge in [-0.3, -0.25) is 10.1 Å². The molecule has 3 amide bonds. The lowest BCUT2D eigenvalue weighted by atomic mass is 9.85. The minimum Gasteiger partial charge on any atom is -0.493 e. The van der Waals surface area contributed by atoms with E-state index in [1.165, 1.54) is 14.2 Å². The highest BCUT2D eigenvalue weighted by Gasteiger charge is 2.26. The first-order chi connectivity index (χ1) is 9.63. The van der Waals surface area contributed by atoms with Crippen molar-refractivity contribution in [2.75, 3.05) is 19.5 Å². The van der Waals surface area contributed by atoms with Crippen LogP contribution in [0.25, 0.3) is 0 Å². The number of urea groups is 1. The van der Waals surface area contributed by atoms with E-state index in [-0.39, 0.29) is 11.8 Å². The number of anilines is 1. The van der Waals surface area contributed by atoms with Crippen molar-refractivity contribution in [3.05, 3.63) is 18.2 Å². The van der Waals surface area contributed by atoms with Crippen molar-refractivity contribution < 1.29 is 19.1 Å². The van der Waals surface area contributed by atoms with Gasteiger partial charge in [0.05, 0.1) is 14.2 Å². The van der Waals surface area contributed by atoms with Gasteiger partial charge in [0, 0.05) is 17.7 Å². The number of benzene rings is 1. The fraction of sp³-hybridized carbons (Fsp3) is 0.429. The van der Waals surface area contributed by atoms with Gasteiger partial charge in [0.1, 0.15) is 0 Å². The number of methoxy groups -OCH3 is 2. The van der Waals surface area contributed by atoms with Crippen molar-refractivity contribution in [3.63, 3.8) is 0 Å². The molecule has 1 fully saturated rings. The smallest absolute Gasteiger partial charge is 0.325 e. The second kappa shape index (κ2) is 6.27. The number of ether oxygens (including phenoxy) is 2. The summed E-state index contributed by atoms with van der Waals surface area (Å²) in [5, 5.41) is 4.93. The molecule has 0 bridgehead atoms. The molecule has 2 rings (SSSR count). The molecule has 0 radical (unpaired) electrons. The molecule has 6 nitrogen and oxygen atoms in total. The van der Waals surface area contributed by atoms with Gasteiger partial charge in [-0.05, 0) is 25.0 Å². The van der Waals surface area contributed by atoms with E-state index in [9.17, 15) is 9.59 Å². The number of nitrogens with one attached hydrogen (secondary N) is 2. The summed E-state index contributed by atoms with van der Waals surface area (Å²) >= 11 is 0. The number of rotatable bonds is 4. The summed E-state index contributed by atoms with van der Waals surface area (Å²) in [4.78, 5) is 23.3. The third-order valence-corrected chi connectivity index (χ3v) is 3.35. The molecule has 20 heavy (non-hydrogen) atoms. The van der Waals surface area contributed by atoms with Crippen LogP contribution in [-0.4, -0.2) is 26.2 Å². The highest BCUT2D eigenvalue weighted by atomic mass is 16.5. The molecule has 6 heteroatoms. The molecule has 0 aliphatic heterocycles. The number of carbonyl (C=O) groups is 2. The van der Waals surface area contributed by atoms with Crippen molar-refractivity contribution >= 4 is 17.6 Å². The molecule has 1 aliphatic carbocycles. The Balaban J connectivity index is 1.95. The van der Waals surface area contributed by atoms with Crippen LogP contribution in [0.1, 0.15) is 19.3 Å². The fourth-order valence-corrected chi connectivity index (χ4v) is 1.96. The van der Waals surface area contributed by atoms with Gasteiger partial charge in [-0.2, -0.15) is 0 Å². The summed E-state index contributed by atoms with van der Waals surface area (Å²) < 4.78 is 10.2. The van der Waals surface area contributed by atoms with E-state index in [1.54, 1.807) is 18.2 Å². The third kappa shape index (κ3) is 3.20. The quantitative estimate of drug-likeness (QED) is 0.884. The van der Waals surface area contributed by atoms with Crippen molar-refractivity contribution in [1.82, 2.24) is 5.32 Å². The first kappa shape index (κ1) is 14.2. The topological polar surface area (TPSA) is 76.7 Å². The summed E-state index contributed by atoms with van der Waals surface area (Å²) in [5.74, 6) is 0.847. The van der Waals surface area contributed by atoms with E-state index < -0.39 is 6.03 Å². The average molecular weight is 278 g/mol. The van der Waals surface area contributed by atoms with E-state index in [0.717, 1.165) is 19.3 Å². The Morgan fingerprint density at radius 1 is 1.15 bits per heavy atom. The second-order valence-electron chi connectivity index (χ2n) is 4.64. The van der Waals surface area contributed by atoms with Gasteiger partial charge in [-0.15, -0.1) is 0 Å². The van der Waals surface area contributed by atoms with Gasteiger partial charge in [-0.25, -0.2) is 4.79 Å². The molecule has 0 spiro atoms. The maximum absolute atomic E-state index is 11.7. The lowest BCUT2D eigenvalue weighted by Gasteiger charge is -2.23. The maximum atomic E-state index is 11.7. The van der Waals surface area contributed by atoms with Gasteiger partial charge in [-0.1, -0.05) is 6.42 Å². The van der Waals surface area contributed by atoms with Crippen LogP contribution >= 0.6 is 0 Å². The molecule has 2 N–H and O–H groups in total. The highest BCUT2D eigenvalue weighted by Crippen LogP contribution is 2.30. The van der Waals surface area contributed by atoms with Crippen LogP contribution in [0.5, 0.6) is 11.5 Å². The van der Waals surface area contributed by atoms with Crippen molar-refractivity contribution in [2.24, 2.45) is 5.92 Å². The minimum atomic E-state index is -0.533. The minimum absolute atomic E-state index is 0.0221. The zero-order chi connectivity index (χ0) is 14.5. The summed E-state index contributed by atoms with van der Waals surface area (Å²) in [5.41, 5.74) is 0.529. The SMILES string of the molecule is COc1ccc(NC(=O)NC(=O)C2CCC2)cc1OC. The third-order valence-electron chi connectivity index (χ3n) is 3.35. The van der Waals surface area contributed by atoms with Crippen LogP contribution in [0, 0.1) is 5.92 Å². The fourth-order valence-electron chi connectivity index (χ4n) is 1.96. The van der Waals surface area contributed by atoms with E-state index in [2.05, 4.69) is 10.6 Å². The van der Waals surface area contributed by atoms with Gasteiger partial charge < -0.3 is 14.8 Å². The zero-order valence-corrected chi connectivity index (χ0v) is 11.6. The van der Waals surface area contributed by atoms with E-state index in [4.69, 9.17) is 9.47 Å². The normalized spacial score (nSPS) is 14.1. The molecular formula is C14H18N2O4. The molecular weight excluding hydrogens is 260 g/mol. The van der Waals surface area contributed by atoms with Crippen molar-refractivity contribution in [3.8, 4) is 11.5 Å². The van der Waals surface area contributed by atoms with Gasteiger partial charge in [0.2, 0.25) is 5.91 Å². The van der Waals surface area contributed by atoms with E-state index in [0.29, 0.717) is 17.2 Å². The Morgan fingerprint density at radius 3 is 2.40 bits per heavy atom. The van der Waals surface area contributed by atoms with Crippen LogP contribution in [0.4, 0.5) is 10.5 Å². The number of hydrogen-bond acceptors (Lipinski definition) is 4. The van der Waals surface area contributed by atoms with Crippen LogP contribution in [0.2, 0.25) is 0 Å². The van der Waals surface area contributed by atoms with Crippen LogP contribution in [0.15, 0.2) is 18.2 Å². The lowest BCUT2D eigenvalue weighted by molar-refractivity contribution is -0.126. The first-order valence-electron chi connectivity index (χ1n) is 6.48. The van der Waals surface area contributed by atoms with E-state index in [1.807, 2.05) is 0 Å². The molecule has 0 atom stereocenters. The Bertz CT molecular complexity index is 512. The molecule has 1 aromatic carbocycles. The van der Waals surface area contributed by atoms with Crippen molar-refractivity contribution in [1.29, 1.82) is 0 Å². The maximum Gasteiger partial charge on any atom is 0.325 e. The Morgan fingerprint density at radius 2 is 1.85 bits per heavy atom. The molecule has 0 aromatic heterocycles. The summed E-state index contributed by atoms with van der Waals surface area (Å²) in [6, 6.07) is 4.46. The number of amides is 3. The molecule has 108 valence electrons. The number of hydrogen-bond donors (Lipinski definition) is 2. The van der Waals surface area contributed by atoms with Crippen LogP contribution in [0.3, 0.4) is 0 Å². The molecule has 0 unspecified atom stereocenters. The van der Waals surface area contributed by atoms with E-state index >= 15 is 0 Å². The molecule has 1 saturated carbocycles. The molecule has 1 aliphatic rings. The highest BCUT2D eigenvalue weighted by molar-refractivity contribution is 6.02. The summed E-state index contributed by atoms with van der Waals surface area (Å²) in [7, 11) is 3.05. The first-order valence-corrected chi connectivity index (χ1v) is 6.48. The van der Waals surface area contributed by atoms with Gasteiger partial charge in [0.15, 0.2) is 11.5 Å². The monoisotopic (exact) mass is 278 g/mol. The lowest BCUT2D eigenvalue weighted by Crippen LogP contribution is -2.40. The second-order valence-corrected chi connectivity index (χ2v) is 4.64. The molecule has 0 heterocycles. The number of imide groups is 1. The van der Waals surface area contributed by atoms with Crippen LogP contribution in [-0.2, 0) is 4.79 Å². The predicted molar refractivity (Wildman–Crippen MR) is 74.0 cm³/mol. The summed E-state index contributed by atoms with van der Waals surface area (Å²) in [6.07, 6.45) is 2.76. The largest absolute Gasteiger partial charge is 0.493 e. The standard InChI is InChI=1S/C14H18N2O4/c1-19-11-7-6-10(8-12(11)20-2)15-14(18)16-13(17)9-4-3-5-9/h6-9H,3-5H2,1-2H3,(H2,15,16,17,18). The predicted octanol–water partition coefficient (Wildman–Crippen LogP) is 2.15. The zero-order valence-electron chi connectivity index (χ0n) is 11.6. The molecule has 1 aromatic rings. The van der Waals surface area contributed by atoms with Gasteiger partial charge >= 0.3 is 6.03 Å². The average Bonchev–Trinajstić information content (AvgIpc) is 2.36. The van der Waals surface area contributed by atoms with Crippen molar-refractivity contribution in [2.45, 2.75) is 19.3 Å². The number of carbonyl (C=O) groups excluding carboxylic acids is 2. The Hall–Kier alpha value is -2.24. The Kier molecular flexibility index (Phi) is 4.45. The van der Waals surface area contributed by atoms with Gasteiger partial charge in [0.25, 0.3) is 0 Å².